The van der Waals surface area contributed by atoms with E-state index in [2.05, 4.69) is 10.6 Å². The third kappa shape index (κ3) is 12.1. The maximum absolute atomic E-state index is 14.4. The van der Waals surface area contributed by atoms with Crippen LogP contribution in [0.5, 0.6) is 0 Å². The Kier molecular flexibility index (Phi) is 17.1. The molecule has 1 aliphatic heterocycles. The molecule has 7 heteroatoms. The van der Waals surface area contributed by atoms with E-state index in [-0.39, 0.29) is 34.3 Å². The fourth-order valence-electron chi connectivity index (χ4n) is 6.44. The molecule has 1 heterocycles. The first-order valence-electron chi connectivity index (χ1n) is 18.3. The summed E-state index contributed by atoms with van der Waals surface area (Å²) >= 11 is 0. The van der Waals surface area contributed by atoms with Crippen LogP contribution in [0.25, 0.3) is 0 Å². The van der Waals surface area contributed by atoms with Gasteiger partial charge < -0.3 is 10.6 Å². The van der Waals surface area contributed by atoms with Crippen LogP contribution in [-0.2, 0) is 4.79 Å². The first-order valence-corrected chi connectivity index (χ1v) is 18.3. The second-order valence-electron chi connectivity index (χ2n) is 13.9. The SMILES string of the molecule is CC(C)C1NCCCCCCCCCCCCCCCCNC(C(C)C)C(=O)N(C(=O)c2ccccc2)C(=O)c2ccccc2C1=O. The Morgan fingerprint density at radius 3 is 1.45 bits per heavy atom. The van der Waals surface area contributed by atoms with Crippen LogP contribution >= 0.6 is 0 Å². The number of imide groups is 3. The van der Waals surface area contributed by atoms with Gasteiger partial charge in [-0.1, -0.05) is 141 Å². The maximum atomic E-state index is 14.4. The molecule has 0 bridgehead atoms. The Hall–Kier alpha value is -3.16. The highest BCUT2D eigenvalue weighted by Gasteiger charge is 2.38. The van der Waals surface area contributed by atoms with Gasteiger partial charge in [0.15, 0.2) is 5.78 Å². The van der Waals surface area contributed by atoms with Gasteiger partial charge >= 0.3 is 0 Å². The molecule has 2 unspecified atom stereocenters. The zero-order valence-electron chi connectivity index (χ0n) is 29.4. The summed E-state index contributed by atoms with van der Waals surface area (Å²) < 4.78 is 0. The van der Waals surface area contributed by atoms with Gasteiger partial charge in [-0.15, -0.1) is 0 Å². The fourth-order valence-corrected chi connectivity index (χ4v) is 6.44. The predicted molar refractivity (Wildman–Crippen MR) is 191 cm³/mol. The summed E-state index contributed by atoms with van der Waals surface area (Å²) in [4.78, 5) is 57.5. The normalized spacial score (nSPS) is 21.5. The molecule has 0 saturated carbocycles. The highest BCUT2D eigenvalue weighted by Crippen LogP contribution is 2.21. The van der Waals surface area contributed by atoms with Crippen molar-refractivity contribution in [1.29, 1.82) is 0 Å². The number of hydrogen-bond donors (Lipinski definition) is 2. The van der Waals surface area contributed by atoms with Gasteiger partial charge in [-0.25, -0.2) is 4.90 Å². The smallest absolute Gasteiger partial charge is 0.268 e. The average molecular weight is 646 g/mol. The van der Waals surface area contributed by atoms with Crippen LogP contribution < -0.4 is 10.6 Å². The van der Waals surface area contributed by atoms with Gasteiger partial charge in [0.25, 0.3) is 17.7 Å². The van der Waals surface area contributed by atoms with E-state index in [1.807, 2.05) is 27.7 Å². The molecule has 0 fully saturated rings. The molecule has 0 aliphatic carbocycles. The van der Waals surface area contributed by atoms with E-state index in [1.54, 1.807) is 54.6 Å². The van der Waals surface area contributed by atoms with Gasteiger partial charge in [0.2, 0.25) is 0 Å². The lowest BCUT2D eigenvalue weighted by Gasteiger charge is -2.28. The van der Waals surface area contributed by atoms with Crippen molar-refractivity contribution < 1.29 is 19.2 Å². The van der Waals surface area contributed by atoms with Crippen LogP contribution in [0.15, 0.2) is 54.6 Å². The molecule has 7 nitrogen and oxygen atoms in total. The number of carbonyl (C=O) groups is 4. The Balaban J connectivity index is 1.93. The van der Waals surface area contributed by atoms with Crippen LogP contribution in [0, 0.1) is 11.8 Å². The van der Waals surface area contributed by atoms with Gasteiger partial charge in [-0.2, -0.15) is 0 Å². The zero-order chi connectivity index (χ0) is 34.0. The van der Waals surface area contributed by atoms with Crippen molar-refractivity contribution in [1.82, 2.24) is 15.5 Å². The number of carbonyl (C=O) groups excluding carboxylic acids is 4. The van der Waals surface area contributed by atoms with Crippen LogP contribution in [-0.4, -0.2) is 53.6 Å². The van der Waals surface area contributed by atoms with Gasteiger partial charge in [-0.3, -0.25) is 19.2 Å². The van der Waals surface area contributed by atoms with E-state index >= 15 is 0 Å². The molecule has 2 aromatic carbocycles. The van der Waals surface area contributed by atoms with E-state index in [9.17, 15) is 19.2 Å². The van der Waals surface area contributed by atoms with Gasteiger partial charge in [-0.05, 0) is 56.0 Å². The van der Waals surface area contributed by atoms with Crippen molar-refractivity contribution in [2.45, 2.75) is 130 Å². The first kappa shape index (κ1) is 38.3. The summed E-state index contributed by atoms with van der Waals surface area (Å²) in [6.07, 6.45) is 16.7. The molecule has 2 atom stereocenters. The molecule has 0 radical (unpaired) electrons. The summed E-state index contributed by atoms with van der Waals surface area (Å²) in [5.41, 5.74) is 0.520. The number of rotatable bonds is 3. The Labute approximate surface area is 283 Å². The summed E-state index contributed by atoms with van der Waals surface area (Å²) in [5.74, 6) is -2.45. The van der Waals surface area contributed by atoms with E-state index < -0.39 is 29.8 Å². The minimum absolute atomic E-state index is 0.0179. The summed E-state index contributed by atoms with van der Waals surface area (Å²) in [5, 5.41) is 6.83. The summed E-state index contributed by atoms with van der Waals surface area (Å²) in [7, 11) is 0. The summed E-state index contributed by atoms with van der Waals surface area (Å²) in [6.45, 7) is 9.15. The standard InChI is InChI=1S/C40H59N3O4/c1-30(2)35-37(44)33-26-20-21-27-34(33)39(46)43(38(45)32-24-18-17-19-25-32)40(47)36(31(3)4)42-29-23-16-14-12-10-8-6-5-7-9-11-13-15-22-28-41-35/h17-21,24-27,30-31,35-36,41-42H,5-16,22-23,28-29H2,1-4H3. The lowest BCUT2D eigenvalue weighted by atomic mass is 9.91. The molecule has 3 amide bonds. The quantitative estimate of drug-likeness (QED) is 0.326. The number of amides is 3. The van der Waals surface area contributed by atoms with Crippen molar-refractivity contribution in [2.75, 3.05) is 13.1 Å². The Morgan fingerprint density at radius 2 is 0.979 bits per heavy atom. The van der Waals surface area contributed by atoms with Crippen LogP contribution in [0.1, 0.15) is 149 Å². The second kappa shape index (κ2) is 20.9. The number of benzene rings is 2. The average Bonchev–Trinajstić information content (AvgIpc) is 3.06. The second-order valence-corrected chi connectivity index (χ2v) is 13.9. The maximum Gasteiger partial charge on any atom is 0.268 e. The zero-order valence-corrected chi connectivity index (χ0v) is 29.4. The van der Waals surface area contributed by atoms with Crippen molar-refractivity contribution in [3.8, 4) is 0 Å². The highest BCUT2D eigenvalue weighted by atomic mass is 16.2. The topological polar surface area (TPSA) is 95.6 Å². The monoisotopic (exact) mass is 645 g/mol. The number of ketones is 1. The lowest BCUT2D eigenvalue weighted by molar-refractivity contribution is -0.129. The van der Waals surface area contributed by atoms with E-state index in [0.29, 0.717) is 13.1 Å². The van der Waals surface area contributed by atoms with Crippen molar-refractivity contribution in [2.24, 2.45) is 11.8 Å². The number of nitrogens with one attached hydrogen (secondary N) is 2. The lowest BCUT2D eigenvalue weighted by Crippen LogP contribution is -2.54. The van der Waals surface area contributed by atoms with E-state index in [0.717, 1.165) is 37.0 Å². The van der Waals surface area contributed by atoms with Crippen LogP contribution in [0.3, 0.4) is 0 Å². The first-order chi connectivity index (χ1) is 22.7. The van der Waals surface area contributed by atoms with Gasteiger partial charge in [0.1, 0.15) is 0 Å². The molecular weight excluding hydrogens is 586 g/mol. The molecular formula is C40H59N3O4. The highest BCUT2D eigenvalue weighted by molar-refractivity contribution is 6.23. The van der Waals surface area contributed by atoms with E-state index in [1.165, 1.54) is 57.8 Å². The number of hydrogen-bond acceptors (Lipinski definition) is 6. The molecule has 0 spiro atoms. The van der Waals surface area contributed by atoms with E-state index in [4.69, 9.17) is 0 Å². The fraction of sp³-hybridized carbons (Fsp3) is 0.600. The molecule has 0 aromatic heterocycles. The third-order valence-corrected chi connectivity index (χ3v) is 9.28. The Bertz CT molecular complexity index is 1260. The number of fused-ring (bicyclic) bond motifs is 1. The summed E-state index contributed by atoms with van der Waals surface area (Å²) in [6, 6.07) is 13.8. The Morgan fingerprint density at radius 1 is 0.574 bits per heavy atom. The molecule has 47 heavy (non-hydrogen) atoms. The molecule has 0 saturated heterocycles. The molecule has 258 valence electrons. The third-order valence-electron chi connectivity index (χ3n) is 9.28. The minimum atomic E-state index is -0.774. The van der Waals surface area contributed by atoms with Crippen molar-refractivity contribution in [3.63, 3.8) is 0 Å². The molecule has 3 rings (SSSR count). The molecule has 2 N–H and O–H groups in total. The van der Waals surface area contributed by atoms with Gasteiger partial charge in [0.05, 0.1) is 17.6 Å². The van der Waals surface area contributed by atoms with Crippen LogP contribution in [0.4, 0.5) is 0 Å². The number of Topliss-reactive ketones (excluding diaryl/α,β-unsaturated/α-hetero) is 1. The van der Waals surface area contributed by atoms with Crippen LogP contribution in [0.2, 0.25) is 0 Å². The predicted octanol–water partition coefficient (Wildman–Crippen LogP) is 8.38. The molecule has 2 aromatic rings. The largest absolute Gasteiger partial charge is 0.307 e. The molecule has 1 aliphatic rings. The number of nitrogens with zero attached hydrogens (tertiary/aromatic N) is 1. The van der Waals surface area contributed by atoms with Gasteiger partial charge in [0, 0.05) is 11.1 Å². The van der Waals surface area contributed by atoms with Crippen molar-refractivity contribution >= 4 is 23.5 Å². The van der Waals surface area contributed by atoms with Crippen molar-refractivity contribution in [3.05, 3.63) is 71.3 Å². The minimum Gasteiger partial charge on any atom is -0.307 e.